The highest BCUT2D eigenvalue weighted by atomic mass is 35.5. The number of halogens is 4. The monoisotopic (exact) mass is 366 g/mol. The van der Waals surface area contributed by atoms with Gasteiger partial charge < -0.3 is 15.4 Å². The number of ether oxygens (including phenoxy) is 1. The van der Waals surface area contributed by atoms with E-state index in [1.807, 2.05) is 0 Å². The number of likely N-dealkylation sites (tertiary alicyclic amines) is 1. The van der Waals surface area contributed by atoms with Crippen molar-refractivity contribution in [3.05, 3.63) is 29.8 Å². The molecule has 1 heterocycles. The van der Waals surface area contributed by atoms with Crippen LogP contribution in [0.2, 0.25) is 0 Å². The lowest BCUT2D eigenvalue weighted by atomic mass is 9.92. The predicted octanol–water partition coefficient (Wildman–Crippen LogP) is 3.09. The van der Waals surface area contributed by atoms with Gasteiger partial charge in [0.05, 0.1) is 5.56 Å². The highest BCUT2D eigenvalue weighted by Crippen LogP contribution is 2.35. The molecule has 136 valence electrons. The fourth-order valence-corrected chi connectivity index (χ4v) is 2.85. The third-order valence-electron chi connectivity index (χ3n) is 4.11. The summed E-state index contributed by atoms with van der Waals surface area (Å²) < 4.78 is 43.8. The quantitative estimate of drug-likeness (QED) is 0.890. The van der Waals surface area contributed by atoms with E-state index in [0.29, 0.717) is 19.0 Å². The number of para-hydroxylation sites is 1. The van der Waals surface area contributed by atoms with E-state index in [9.17, 15) is 18.0 Å². The highest BCUT2D eigenvalue weighted by molar-refractivity contribution is 5.85. The Morgan fingerprint density at radius 1 is 1.38 bits per heavy atom. The van der Waals surface area contributed by atoms with Gasteiger partial charge in [-0.25, -0.2) is 0 Å². The van der Waals surface area contributed by atoms with Crippen molar-refractivity contribution in [2.75, 3.05) is 19.7 Å². The molecular formula is C16H22ClF3N2O2. The van der Waals surface area contributed by atoms with Crippen molar-refractivity contribution in [3.8, 4) is 5.75 Å². The molecule has 2 atom stereocenters. The molecule has 1 aliphatic rings. The normalized spacial score (nSPS) is 21.1. The van der Waals surface area contributed by atoms with Gasteiger partial charge in [-0.15, -0.1) is 12.4 Å². The lowest BCUT2D eigenvalue weighted by Gasteiger charge is -2.37. The summed E-state index contributed by atoms with van der Waals surface area (Å²) in [7, 11) is 0. The van der Waals surface area contributed by atoms with Crippen molar-refractivity contribution < 1.29 is 22.7 Å². The van der Waals surface area contributed by atoms with E-state index >= 15 is 0 Å². The number of piperidine rings is 1. The first-order chi connectivity index (χ1) is 10.8. The van der Waals surface area contributed by atoms with Gasteiger partial charge in [-0.2, -0.15) is 13.2 Å². The number of benzene rings is 1. The summed E-state index contributed by atoms with van der Waals surface area (Å²) in [6.07, 6.45) is -2.84. The van der Waals surface area contributed by atoms with Crippen LogP contribution in [0.25, 0.3) is 0 Å². The molecule has 1 amide bonds. The van der Waals surface area contributed by atoms with Crippen molar-refractivity contribution in [3.63, 3.8) is 0 Å². The van der Waals surface area contributed by atoms with Crippen molar-refractivity contribution >= 4 is 18.3 Å². The second-order valence-electron chi connectivity index (χ2n) is 5.89. The number of amides is 1. The van der Waals surface area contributed by atoms with Crippen molar-refractivity contribution in [2.45, 2.75) is 32.0 Å². The van der Waals surface area contributed by atoms with Gasteiger partial charge in [0.2, 0.25) is 0 Å². The van der Waals surface area contributed by atoms with E-state index < -0.39 is 18.3 Å². The SMILES string of the molecule is CC1CCN(C(=O)COc2ccccc2C(F)(F)F)C(CN)C1.Cl. The molecule has 1 aromatic rings. The summed E-state index contributed by atoms with van der Waals surface area (Å²) >= 11 is 0. The van der Waals surface area contributed by atoms with Crippen LogP contribution >= 0.6 is 12.4 Å². The summed E-state index contributed by atoms with van der Waals surface area (Å²) in [6, 6.07) is 4.81. The number of alkyl halides is 3. The number of hydrogen-bond acceptors (Lipinski definition) is 3. The summed E-state index contributed by atoms with van der Waals surface area (Å²) in [4.78, 5) is 13.9. The largest absolute Gasteiger partial charge is 0.483 e. The number of carbonyl (C=O) groups excluding carboxylic acids is 1. The minimum absolute atomic E-state index is 0. The summed E-state index contributed by atoms with van der Waals surface area (Å²) in [5, 5.41) is 0. The van der Waals surface area contributed by atoms with Crippen LogP contribution in [0.15, 0.2) is 24.3 Å². The van der Waals surface area contributed by atoms with Gasteiger partial charge in [-0.1, -0.05) is 19.1 Å². The van der Waals surface area contributed by atoms with E-state index in [0.717, 1.165) is 18.9 Å². The van der Waals surface area contributed by atoms with Crippen LogP contribution in [-0.4, -0.2) is 36.5 Å². The fourth-order valence-electron chi connectivity index (χ4n) is 2.85. The third-order valence-corrected chi connectivity index (χ3v) is 4.11. The maximum atomic E-state index is 12.9. The zero-order valence-corrected chi connectivity index (χ0v) is 14.2. The lowest BCUT2D eigenvalue weighted by Crippen LogP contribution is -2.50. The van der Waals surface area contributed by atoms with Crippen molar-refractivity contribution in [2.24, 2.45) is 11.7 Å². The summed E-state index contributed by atoms with van der Waals surface area (Å²) in [6.45, 7) is 2.58. The number of rotatable bonds is 4. The Morgan fingerprint density at radius 2 is 2.04 bits per heavy atom. The molecule has 1 saturated heterocycles. The van der Waals surface area contributed by atoms with E-state index in [4.69, 9.17) is 10.5 Å². The van der Waals surface area contributed by atoms with Crippen LogP contribution in [0.3, 0.4) is 0 Å². The van der Waals surface area contributed by atoms with Crippen LogP contribution in [0.5, 0.6) is 5.75 Å². The Kier molecular flexibility index (Phi) is 7.35. The average molecular weight is 367 g/mol. The molecule has 4 nitrogen and oxygen atoms in total. The first-order valence-corrected chi connectivity index (χ1v) is 7.61. The molecular weight excluding hydrogens is 345 g/mol. The van der Waals surface area contributed by atoms with E-state index in [2.05, 4.69) is 6.92 Å². The Bertz CT molecular complexity index is 554. The van der Waals surface area contributed by atoms with Crippen LogP contribution < -0.4 is 10.5 Å². The summed E-state index contributed by atoms with van der Waals surface area (Å²) in [5.74, 6) is -0.174. The van der Waals surface area contributed by atoms with Gasteiger partial charge in [0.25, 0.3) is 5.91 Å². The zero-order chi connectivity index (χ0) is 17.0. The maximum Gasteiger partial charge on any atom is 0.419 e. The van der Waals surface area contributed by atoms with Crippen molar-refractivity contribution in [1.82, 2.24) is 4.90 Å². The van der Waals surface area contributed by atoms with E-state index in [1.165, 1.54) is 18.2 Å². The molecule has 8 heteroatoms. The molecule has 0 spiro atoms. The minimum Gasteiger partial charge on any atom is -0.483 e. The van der Waals surface area contributed by atoms with Gasteiger partial charge in [-0.3, -0.25) is 4.79 Å². The first-order valence-electron chi connectivity index (χ1n) is 7.61. The van der Waals surface area contributed by atoms with Gasteiger partial charge in [-0.05, 0) is 30.9 Å². The Labute approximate surface area is 145 Å². The maximum absolute atomic E-state index is 12.9. The van der Waals surface area contributed by atoms with Gasteiger partial charge in [0.1, 0.15) is 5.75 Å². The Morgan fingerprint density at radius 3 is 2.67 bits per heavy atom. The van der Waals surface area contributed by atoms with E-state index in [1.54, 1.807) is 4.90 Å². The number of nitrogens with zero attached hydrogens (tertiary/aromatic N) is 1. The molecule has 2 N–H and O–H groups in total. The van der Waals surface area contributed by atoms with Crippen LogP contribution in [0.4, 0.5) is 13.2 Å². The molecule has 1 fully saturated rings. The highest BCUT2D eigenvalue weighted by Gasteiger charge is 2.34. The topological polar surface area (TPSA) is 55.6 Å². The smallest absolute Gasteiger partial charge is 0.419 e. The second kappa shape index (κ2) is 8.58. The van der Waals surface area contributed by atoms with Gasteiger partial charge in [0, 0.05) is 19.1 Å². The molecule has 1 aliphatic heterocycles. The standard InChI is InChI=1S/C16H21F3N2O2.ClH/c1-11-6-7-21(12(8-11)9-20)15(22)10-23-14-5-3-2-4-13(14)16(17,18)19;/h2-5,11-12H,6-10,20H2,1H3;1H. The lowest BCUT2D eigenvalue weighted by molar-refractivity contribution is -0.142. The minimum atomic E-state index is -4.51. The van der Waals surface area contributed by atoms with E-state index in [-0.39, 0.29) is 30.1 Å². The molecule has 2 rings (SSSR count). The van der Waals surface area contributed by atoms with Gasteiger partial charge >= 0.3 is 6.18 Å². The number of hydrogen-bond donors (Lipinski definition) is 1. The van der Waals surface area contributed by atoms with Crippen LogP contribution in [0, 0.1) is 5.92 Å². The second-order valence-corrected chi connectivity index (χ2v) is 5.89. The molecule has 2 unspecified atom stereocenters. The Hall–Kier alpha value is -1.47. The zero-order valence-electron chi connectivity index (χ0n) is 13.4. The number of carbonyl (C=O) groups is 1. The number of nitrogens with two attached hydrogens (primary N) is 1. The Balaban J connectivity index is 0.00000288. The predicted molar refractivity (Wildman–Crippen MR) is 87.1 cm³/mol. The van der Waals surface area contributed by atoms with Crippen LogP contribution in [-0.2, 0) is 11.0 Å². The fraction of sp³-hybridized carbons (Fsp3) is 0.562. The summed E-state index contributed by atoms with van der Waals surface area (Å²) in [5.41, 5.74) is 4.82. The van der Waals surface area contributed by atoms with Crippen LogP contribution in [0.1, 0.15) is 25.3 Å². The van der Waals surface area contributed by atoms with Gasteiger partial charge in [0.15, 0.2) is 6.61 Å². The molecule has 24 heavy (non-hydrogen) atoms. The van der Waals surface area contributed by atoms with Crippen molar-refractivity contribution in [1.29, 1.82) is 0 Å². The molecule has 0 aliphatic carbocycles. The first kappa shape index (κ1) is 20.6. The molecule has 0 aromatic heterocycles. The third kappa shape index (κ3) is 5.01. The average Bonchev–Trinajstić information content (AvgIpc) is 2.51. The molecule has 0 bridgehead atoms. The molecule has 1 aromatic carbocycles. The molecule has 0 saturated carbocycles. The molecule has 0 radical (unpaired) electrons.